The van der Waals surface area contributed by atoms with Gasteiger partial charge in [0.1, 0.15) is 12.1 Å². The van der Waals surface area contributed by atoms with Gasteiger partial charge in [-0.25, -0.2) is 4.79 Å². The summed E-state index contributed by atoms with van der Waals surface area (Å²) >= 11 is 0. The minimum absolute atomic E-state index is 0.0490. The fourth-order valence-electron chi connectivity index (χ4n) is 2.95. The molecule has 0 saturated carbocycles. The normalized spacial score (nSPS) is 18.2. The van der Waals surface area contributed by atoms with Gasteiger partial charge in [-0.3, -0.25) is 19.4 Å². The summed E-state index contributed by atoms with van der Waals surface area (Å²) in [5.74, 6) is -3.57. The highest BCUT2D eigenvalue weighted by atomic mass is 16.4. The molecule has 1 saturated heterocycles. The van der Waals surface area contributed by atoms with Crippen molar-refractivity contribution in [3.05, 3.63) is 0 Å². The number of carbonyl (C=O) groups is 4. The number of nitrogens with two attached hydrogens (primary N) is 3. The zero-order chi connectivity index (χ0) is 21.3. The van der Waals surface area contributed by atoms with Gasteiger partial charge in [0.2, 0.25) is 11.8 Å². The molecule has 0 aromatic carbocycles. The summed E-state index contributed by atoms with van der Waals surface area (Å²) in [6, 6.07) is -3.00. The number of hydrogen-bond donors (Lipinski definition) is 6. The number of carbonyl (C=O) groups excluding carboxylic acids is 2. The van der Waals surface area contributed by atoms with Crippen molar-refractivity contribution in [1.82, 2.24) is 10.2 Å². The number of hydrogen-bond acceptors (Lipinski definition) is 6. The van der Waals surface area contributed by atoms with Crippen LogP contribution in [0.4, 0.5) is 0 Å². The van der Waals surface area contributed by atoms with Crippen molar-refractivity contribution >= 4 is 29.7 Å². The second-order valence-corrected chi connectivity index (χ2v) is 6.58. The number of likely N-dealkylation sites (tertiary alicyclic amines) is 1. The molecule has 0 aliphatic carbocycles. The molecule has 12 nitrogen and oxygen atoms in total. The molecular formula is C16H28N6O6. The maximum Gasteiger partial charge on any atom is 0.326 e. The van der Waals surface area contributed by atoms with Gasteiger partial charge in [0.05, 0.1) is 6.04 Å². The lowest BCUT2D eigenvalue weighted by atomic mass is 10.1. The molecule has 0 radical (unpaired) electrons. The standard InChI is InChI=1S/C16H28N6O6/c17-9(3-1-7-20-16(18)19)14(26)22-8-2-4-11(22)13(25)21-10(15(27)28)5-6-12(23)24/h9-11H,1-8,17H2,(H,21,25)(H,23,24)(H,27,28)(H4,18,19,20)/t9-,10-,11-/m0/s1. The number of amides is 2. The van der Waals surface area contributed by atoms with Gasteiger partial charge in [-0.15, -0.1) is 0 Å². The van der Waals surface area contributed by atoms with E-state index in [-0.39, 0.29) is 12.4 Å². The van der Waals surface area contributed by atoms with Gasteiger partial charge in [0.25, 0.3) is 0 Å². The fourth-order valence-corrected chi connectivity index (χ4v) is 2.95. The Bertz CT molecular complexity index is 621. The van der Waals surface area contributed by atoms with Crippen LogP contribution in [0.1, 0.15) is 38.5 Å². The van der Waals surface area contributed by atoms with Crippen molar-refractivity contribution in [2.75, 3.05) is 13.1 Å². The number of nitrogens with zero attached hydrogens (tertiary/aromatic N) is 2. The predicted octanol–water partition coefficient (Wildman–Crippen LogP) is -2.21. The van der Waals surface area contributed by atoms with Gasteiger partial charge in [-0.1, -0.05) is 0 Å². The Morgan fingerprint density at radius 3 is 2.43 bits per heavy atom. The van der Waals surface area contributed by atoms with Crippen molar-refractivity contribution in [3.8, 4) is 0 Å². The third kappa shape index (κ3) is 7.39. The summed E-state index contributed by atoms with van der Waals surface area (Å²) < 4.78 is 0. The molecule has 28 heavy (non-hydrogen) atoms. The molecule has 158 valence electrons. The van der Waals surface area contributed by atoms with Gasteiger partial charge < -0.3 is 37.6 Å². The summed E-state index contributed by atoms with van der Waals surface area (Å²) in [5.41, 5.74) is 16.4. The van der Waals surface area contributed by atoms with Crippen molar-refractivity contribution in [2.24, 2.45) is 22.2 Å². The third-order valence-corrected chi connectivity index (χ3v) is 4.38. The molecule has 0 unspecified atom stereocenters. The number of nitrogens with one attached hydrogen (secondary N) is 1. The maximum atomic E-state index is 12.6. The van der Waals surface area contributed by atoms with Gasteiger partial charge in [0, 0.05) is 19.5 Å². The molecule has 3 atom stereocenters. The zero-order valence-electron chi connectivity index (χ0n) is 15.5. The SMILES string of the molecule is NC(N)=NCCC[C@H](N)C(=O)N1CCC[C@H]1C(=O)N[C@@H](CCC(=O)O)C(=O)O. The molecular weight excluding hydrogens is 372 g/mol. The van der Waals surface area contributed by atoms with Crippen LogP contribution < -0.4 is 22.5 Å². The second kappa shape index (κ2) is 11.1. The number of rotatable bonds is 11. The lowest BCUT2D eigenvalue weighted by Gasteiger charge is -2.27. The lowest BCUT2D eigenvalue weighted by Crippen LogP contribution is -2.53. The van der Waals surface area contributed by atoms with Gasteiger partial charge >= 0.3 is 11.9 Å². The highest BCUT2D eigenvalue weighted by Crippen LogP contribution is 2.19. The van der Waals surface area contributed by atoms with Gasteiger partial charge in [0.15, 0.2) is 5.96 Å². The number of carboxylic acids is 2. The van der Waals surface area contributed by atoms with E-state index in [9.17, 15) is 19.2 Å². The van der Waals surface area contributed by atoms with E-state index < -0.39 is 48.3 Å². The molecule has 0 aromatic rings. The van der Waals surface area contributed by atoms with E-state index in [0.29, 0.717) is 38.8 Å². The number of carboxylic acid groups (broad SMARTS) is 2. The summed E-state index contributed by atoms with van der Waals surface area (Å²) in [6.07, 6.45) is 1.14. The molecule has 0 aromatic heterocycles. The van der Waals surface area contributed by atoms with Gasteiger partial charge in [-0.05, 0) is 32.1 Å². The van der Waals surface area contributed by atoms with E-state index in [2.05, 4.69) is 10.3 Å². The monoisotopic (exact) mass is 400 g/mol. The van der Waals surface area contributed by atoms with Crippen LogP contribution >= 0.6 is 0 Å². The van der Waals surface area contributed by atoms with E-state index in [1.165, 1.54) is 4.90 Å². The van der Waals surface area contributed by atoms with Crippen LogP contribution in [-0.2, 0) is 19.2 Å². The molecule has 0 bridgehead atoms. The average Bonchev–Trinajstić information content (AvgIpc) is 3.10. The van der Waals surface area contributed by atoms with Crippen LogP contribution in [0.2, 0.25) is 0 Å². The summed E-state index contributed by atoms with van der Waals surface area (Å²) in [5, 5.41) is 20.2. The van der Waals surface area contributed by atoms with Gasteiger partial charge in [-0.2, -0.15) is 0 Å². The zero-order valence-corrected chi connectivity index (χ0v) is 15.5. The largest absolute Gasteiger partial charge is 0.481 e. The first-order chi connectivity index (χ1) is 13.1. The Kier molecular flexibility index (Phi) is 9.15. The average molecular weight is 400 g/mol. The van der Waals surface area contributed by atoms with Crippen LogP contribution in [0.5, 0.6) is 0 Å². The predicted molar refractivity (Wildman–Crippen MR) is 99.1 cm³/mol. The Labute approximate surface area is 162 Å². The van der Waals surface area contributed by atoms with Crippen molar-refractivity contribution < 1.29 is 29.4 Å². The smallest absolute Gasteiger partial charge is 0.326 e. The fraction of sp³-hybridized carbons (Fsp3) is 0.688. The topological polar surface area (TPSA) is 214 Å². The van der Waals surface area contributed by atoms with E-state index in [4.69, 9.17) is 27.4 Å². The van der Waals surface area contributed by atoms with E-state index in [1.54, 1.807) is 0 Å². The number of guanidine groups is 1. The Hall–Kier alpha value is -2.89. The quantitative estimate of drug-likeness (QED) is 0.126. The molecule has 1 rings (SSSR count). The second-order valence-electron chi connectivity index (χ2n) is 6.58. The van der Waals surface area contributed by atoms with Crippen LogP contribution in [0.25, 0.3) is 0 Å². The first-order valence-corrected chi connectivity index (χ1v) is 9.00. The Balaban J connectivity index is 2.64. The Morgan fingerprint density at radius 2 is 1.86 bits per heavy atom. The van der Waals surface area contributed by atoms with E-state index in [1.807, 2.05) is 0 Å². The summed E-state index contributed by atoms with van der Waals surface area (Å²) in [7, 11) is 0. The molecule has 9 N–H and O–H groups in total. The minimum atomic E-state index is -1.34. The molecule has 1 aliphatic rings. The van der Waals surface area contributed by atoms with E-state index in [0.717, 1.165) is 0 Å². The summed E-state index contributed by atoms with van der Waals surface area (Å²) in [6.45, 7) is 0.669. The molecule has 12 heteroatoms. The van der Waals surface area contributed by atoms with Crippen molar-refractivity contribution in [1.29, 1.82) is 0 Å². The third-order valence-electron chi connectivity index (χ3n) is 4.38. The number of aliphatic carboxylic acids is 2. The van der Waals surface area contributed by atoms with Crippen LogP contribution in [0.3, 0.4) is 0 Å². The summed E-state index contributed by atoms with van der Waals surface area (Å²) in [4.78, 5) is 52.1. The molecule has 2 amide bonds. The first-order valence-electron chi connectivity index (χ1n) is 9.00. The lowest BCUT2D eigenvalue weighted by molar-refractivity contribution is -0.144. The maximum absolute atomic E-state index is 12.6. The minimum Gasteiger partial charge on any atom is -0.481 e. The number of aliphatic imine (C=N–C) groups is 1. The van der Waals surface area contributed by atoms with E-state index >= 15 is 0 Å². The molecule has 1 aliphatic heterocycles. The van der Waals surface area contributed by atoms with Crippen molar-refractivity contribution in [3.63, 3.8) is 0 Å². The molecule has 0 spiro atoms. The molecule has 1 heterocycles. The Morgan fingerprint density at radius 1 is 1.18 bits per heavy atom. The highest BCUT2D eigenvalue weighted by Gasteiger charge is 2.37. The van der Waals surface area contributed by atoms with Crippen molar-refractivity contribution in [2.45, 2.75) is 56.7 Å². The van der Waals surface area contributed by atoms with Crippen LogP contribution in [0, 0.1) is 0 Å². The van der Waals surface area contributed by atoms with Crippen LogP contribution in [0.15, 0.2) is 4.99 Å². The highest BCUT2D eigenvalue weighted by molar-refractivity contribution is 5.92. The van der Waals surface area contributed by atoms with Crippen LogP contribution in [-0.4, -0.2) is 76.0 Å². The first kappa shape index (κ1) is 23.1. The molecule has 1 fully saturated rings.